The van der Waals surface area contributed by atoms with Crippen LogP contribution in [-0.2, 0) is 18.4 Å². The Morgan fingerprint density at radius 3 is 2.59 bits per heavy atom. The topological polar surface area (TPSA) is 50.2 Å². The smallest absolute Gasteiger partial charge is 0.223 e. The predicted octanol–water partition coefficient (Wildman–Crippen LogP) is 1.55. The lowest BCUT2D eigenvalue weighted by atomic mass is 9.92. The van der Waals surface area contributed by atoms with Crippen LogP contribution in [0.5, 0.6) is 0 Å². The molecule has 5 nitrogen and oxygen atoms in total. The minimum atomic E-state index is 0.274. The lowest BCUT2D eigenvalue weighted by Crippen LogP contribution is -2.42. The van der Waals surface area contributed by atoms with E-state index in [1.807, 2.05) is 17.9 Å². The van der Waals surface area contributed by atoms with Gasteiger partial charge in [0.25, 0.3) is 0 Å². The lowest BCUT2D eigenvalue weighted by Gasteiger charge is -2.28. The molecule has 2 heterocycles. The third kappa shape index (κ3) is 2.78. The second-order valence-corrected chi connectivity index (χ2v) is 7.54. The van der Waals surface area contributed by atoms with E-state index in [0.29, 0.717) is 23.8 Å². The molecule has 3 aliphatic rings. The van der Waals surface area contributed by atoms with Crippen LogP contribution in [0, 0.1) is 17.8 Å². The molecular weight excluding hydrogens is 276 g/mol. The molecule has 1 aromatic heterocycles. The van der Waals surface area contributed by atoms with Crippen molar-refractivity contribution in [3.63, 3.8) is 0 Å². The largest absolute Gasteiger partial charge is 0.353 e. The van der Waals surface area contributed by atoms with Crippen LogP contribution in [0.15, 0.2) is 12.4 Å². The number of amides is 1. The maximum atomic E-state index is 12.3. The molecule has 1 aliphatic heterocycles. The highest BCUT2D eigenvalue weighted by atomic mass is 16.2. The van der Waals surface area contributed by atoms with E-state index in [1.54, 1.807) is 0 Å². The molecular formula is C17H26N4O. The number of nitrogens with zero attached hydrogens (tertiary/aromatic N) is 3. The van der Waals surface area contributed by atoms with E-state index in [4.69, 9.17) is 0 Å². The van der Waals surface area contributed by atoms with Crippen LogP contribution < -0.4 is 5.32 Å². The average Bonchev–Trinajstić information content (AvgIpc) is 3.08. The molecule has 4 rings (SSSR count). The van der Waals surface area contributed by atoms with E-state index in [9.17, 15) is 4.79 Å². The number of likely N-dealkylation sites (tertiary alicyclic amines) is 1. The van der Waals surface area contributed by atoms with E-state index in [1.165, 1.54) is 24.8 Å². The van der Waals surface area contributed by atoms with Gasteiger partial charge >= 0.3 is 0 Å². The Morgan fingerprint density at radius 2 is 2.05 bits per heavy atom. The monoisotopic (exact) mass is 302 g/mol. The highest BCUT2D eigenvalue weighted by molar-refractivity contribution is 5.79. The zero-order chi connectivity index (χ0) is 15.1. The minimum absolute atomic E-state index is 0.274. The molecule has 22 heavy (non-hydrogen) atoms. The molecule has 120 valence electrons. The lowest BCUT2D eigenvalue weighted by molar-refractivity contribution is -0.126. The molecule has 3 atom stereocenters. The number of hydrogen-bond donors (Lipinski definition) is 1. The quantitative estimate of drug-likeness (QED) is 0.918. The first-order valence-corrected chi connectivity index (χ1v) is 8.67. The fourth-order valence-electron chi connectivity index (χ4n) is 4.42. The zero-order valence-corrected chi connectivity index (χ0v) is 13.4. The van der Waals surface area contributed by atoms with Crippen molar-refractivity contribution in [1.82, 2.24) is 20.0 Å². The van der Waals surface area contributed by atoms with Gasteiger partial charge in [0.2, 0.25) is 5.91 Å². The second-order valence-electron chi connectivity index (χ2n) is 7.54. The van der Waals surface area contributed by atoms with Crippen molar-refractivity contribution >= 4 is 5.91 Å². The van der Waals surface area contributed by atoms with Crippen LogP contribution in [-0.4, -0.2) is 39.7 Å². The van der Waals surface area contributed by atoms with Crippen LogP contribution in [0.25, 0.3) is 0 Å². The third-order valence-corrected chi connectivity index (χ3v) is 5.81. The molecule has 5 heteroatoms. The number of aryl methyl sites for hydroxylation is 1. The Morgan fingerprint density at radius 1 is 1.32 bits per heavy atom. The Balaban J connectivity index is 1.27. The summed E-state index contributed by atoms with van der Waals surface area (Å²) in [5, 5.41) is 7.48. The van der Waals surface area contributed by atoms with Gasteiger partial charge in [0.1, 0.15) is 0 Å². The number of rotatable bonds is 4. The molecule has 2 aliphatic carbocycles. The summed E-state index contributed by atoms with van der Waals surface area (Å²) in [6.07, 6.45) is 9.89. The van der Waals surface area contributed by atoms with Crippen molar-refractivity contribution in [1.29, 1.82) is 0 Å². The summed E-state index contributed by atoms with van der Waals surface area (Å²) >= 11 is 0. The first-order valence-electron chi connectivity index (χ1n) is 8.67. The van der Waals surface area contributed by atoms with Gasteiger partial charge in [-0.25, -0.2) is 0 Å². The molecule has 1 aromatic rings. The SMILES string of the molecule is Cn1cc(CN2C[C@H]3CC(C(=O)NC4CCC4)C[C@H]3C2)cn1. The summed E-state index contributed by atoms with van der Waals surface area (Å²) in [7, 11) is 1.97. The van der Waals surface area contributed by atoms with Gasteiger partial charge in [-0.1, -0.05) is 0 Å². The normalized spacial score (nSPS) is 32.0. The fourth-order valence-corrected chi connectivity index (χ4v) is 4.42. The van der Waals surface area contributed by atoms with Crippen molar-refractivity contribution in [3.8, 4) is 0 Å². The van der Waals surface area contributed by atoms with Crippen molar-refractivity contribution in [2.24, 2.45) is 24.8 Å². The van der Waals surface area contributed by atoms with Gasteiger partial charge in [-0.3, -0.25) is 14.4 Å². The van der Waals surface area contributed by atoms with Gasteiger partial charge in [-0.15, -0.1) is 0 Å². The molecule has 1 saturated heterocycles. The Kier molecular flexibility index (Phi) is 3.68. The maximum absolute atomic E-state index is 12.3. The summed E-state index contributed by atoms with van der Waals surface area (Å²) in [6, 6.07) is 0.481. The van der Waals surface area contributed by atoms with Gasteiger partial charge in [0.05, 0.1) is 6.20 Å². The number of nitrogens with one attached hydrogen (secondary N) is 1. The second kappa shape index (κ2) is 5.69. The molecule has 1 amide bonds. The van der Waals surface area contributed by atoms with Gasteiger partial charge in [-0.2, -0.15) is 5.10 Å². The highest BCUT2D eigenvalue weighted by Gasteiger charge is 2.43. The van der Waals surface area contributed by atoms with Gasteiger partial charge in [-0.05, 0) is 43.9 Å². The van der Waals surface area contributed by atoms with Crippen molar-refractivity contribution < 1.29 is 4.79 Å². The number of carbonyl (C=O) groups is 1. The molecule has 0 spiro atoms. The molecule has 1 unspecified atom stereocenters. The van der Waals surface area contributed by atoms with Gasteiger partial charge in [0, 0.05) is 50.4 Å². The van der Waals surface area contributed by atoms with E-state index in [2.05, 4.69) is 21.5 Å². The van der Waals surface area contributed by atoms with Gasteiger partial charge in [0.15, 0.2) is 0 Å². The molecule has 3 fully saturated rings. The first-order chi connectivity index (χ1) is 10.7. The molecule has 2 saturated carbocycles. The van der Waals surface area contributed by atoms with Crippen molar-refractivity contribution in [2.45, 2.75) is 44.7 Å². The molecule has 1 N–H and O–H groups in total. The minimum Gasteiger partial charge on any atom is -0.353 e. The van der Waals surface area contributed by atoms with E-state index in [0.717, 1.165) is 32.5 Å². The number of hydrogen-bond acceptors (Lipinski definition) is 3. The standard InChI is InChI=1S/C17H26N4O/c1-20-8-12(7-18-20)9-21-10-14-5-13(6-15(14)11-21)17(22)19-16-3-2-4-16/h7-8,13-16H,2-6,9-11H2,1H3,(H,19,22)/t13?,14-,15+. The molecule has 0 radical (unpaired) electrons. The van der Waals surface area contributed by atoms with Crippen LogP contribution in [0.1, 0.15) is 37.7 Å². The maximum Gasteiger partial charge on any atom is 0.223 e. The van der Waals surface area contributed by atoms with E-state index < -0.39 is 0 Å². The van der Waals surface area contributed by atoms with Crippen LogP contribution in [0.3, 0.4) is 0 Å². The first kappa shape index (κ1) is 14.2. The van der Waals surface area contributed by atoms with E-state index >= 15 is 0 Å². The van der Waals surface area contributed by atoms with Crippen LogP contribution in [0.4, 0.5) is 0 Å². The fraction of sp³-hybridized carbons (Fsp3) is 0.765. The predicted molar refractivity (Wildman–Crippen MR) is 84.0 cm³/mol. The number of aromatic nitrogens is 2. The van der Waals surface area contributed by atoms with Crippen molar-refractivity contribution in [3.05, 3.63) is 18.0 Å². The highest BCUT2D eigenvalue weighted by Crippen LogP contribution is 2.42. The zero-order valence-electron chi connectivity index (χ0n) is 13.4. The Labute approximate surface area is 132 Å². The Bertz CT molecular complexity index is 537. The summed E-state index contributed by atoms with van der Waals surface area (Å²) < 4.78 is 1.87. The summed E-state index contributed by atoms with van der Waals surface area (Å²) in [5.74, 6) is 2.04. The average molecular weight is 302 g/mol. The summed E-state index contributed by atoms with van der Waals surface area (Å²) in [4.78, 5) is 14.9. The third-order valence-electron chi connectivity index (χ3n) is 5.81. The summed E-state index contributed by atoms with van der Waals surface area (Å²) in [5.41, 5.74) is 1.29. The Hall–Kier alpha value is -1.36. The summed E-state index contributed by atoms with van der Waals surface area (Å²) in [6.45, 7) is 3.29. The molecule has 0 bridgehead atoms. The van der Waals surface area contributed by atoms with Crippen LogP contribution >= 0.6 is 0 Å². The number of fused-ring (bicyclic) bond motifs is 1. The van der Waals surface area contributed by atoms with E-state index in [-0.39, 0.29) is 5.92 Å². The van der Waals surface area contributed by atoms with Crippen molar-refractivity contribution in [2.75, 3.05) is 13.1 Å². The molecule has 0 aromatic carbocycles. The van der Waals surface area contributed by atoms with Gasteiger partial charge < -0.3 is 5.32 Å². The van der Waals surface area contributed by atoms with Crippen LogP contribution in [0.2, 0.25) is 0 Å². The number of carbonyl (C=O) groups excluding carboxylic acids is 1.